The highest BCUT2D eigenvalue weighted by atomic mass is 32.2. The fourth-order valence-electron chi connectivity index (χ4n) is 7.82. The summed E-state index contributed by atoms with van der Waals surface area (Å²) in [6.07, 6.45) is 7.40. The van der Waals surface area contributed by atoms with E-state index < -0.39 is 0 Å². The van der Waals surface area contributed by atoms with Gasteiger partial charge in [-0.3, -0.25) is 0 Å². The third-order valence-electron chi connectivity index (χ3n) is 11.3. The maximum absolute atomic E-state index is 11.9. The minimum atomic E-state index is -0.0490. The molecule has 7 rings (SSSR count). The first-order valence-corrected chi connectivity index (χ1v) is 21.9. The lowest BCUT2D eigenvalue weighted by Crippen LogP contribution is -2.22. The van der Waals surface area contributed by atoms with Crippen LogP contribution in [0.15, 0.2) is 109 Å². The van der Waals surface area contributed by atoms with E-state index in [9.17, 15) is 10.2 Å². The van der Waals surface area contributed by atoms with Gasteiger partial charge in [-0.1, -0.05) is 152 Å². The van der Waals surface area contributed by atoms with Gasteiger partial charge < -0.3 is 10.2 Å². The van der Waals surface area contributed by atoms with E-state index in [0.29, 0.717) is 22.0 Å². The van der Waals surface area contributed by atoms with Crippen molar-refractivity contribution in [1.82, 2.24) is 0 Å². The zero-order chi connectivity index (χ0) is 38.0. The van der Waals surface area contributed by atoms with Crippen LogP contribution in [0.1, 0.15) is 102 Å². The van der Waals surface area contributed by atoms with Crippen molar-refractivity contribution in [3.05, 3.63) is 131 Å². The van der Waals surface area contributed by atoms with Crippen LogP contribution in [0, 0.1) is 0 Å². The van der Waals surface area contributed by atoms with Gasteiger partial charge in [0.15, 0.2) is 0 Å². The summed E-state index contributed by atoms with van der Waals surface area (Å²) in [7, 11) is 0. The summed E-state index contributed by atoms with van der Waals surface area (Å²) < 4.78 is 0. The lowest BCUT2D eigenvalue weighted by Gasteiger charge is -2.30. The minimum absolute atomic E-state index is 0.0490. The fourth-order valence-corrected chi connectivity index (χ4v) is 10.9. The standard InChI is InChI=1S/C50H56O2S2/c1-49(2,3)41-27-39(47(51)43(29-41)37-23-21-33-15-11-13-17-35(33)25-37)31-53-45-19-9-7-8-10-20-46(45)54-32-40-28-42(50(4,5)6)30-44(48(40)52)38-24-22-34-16-12-14-18-36(34)26-38/h11-18,21-30,45-46,51-52H,7-10,19-20,31-32H2,1-6H3/t45-,46-/m0/s1. The molecular formula is C50H56O2S2. The molecule has 1 fully saturated rings. The summed E-state index contributed by atoms with van der Waals surface area (Å²) in [5.74, 6) is 2.36. The average Bonchev–Trinajstić information content (AvgIpc) is 3.14. The zero-order valence-electron chi connectivity index (χ0n) is 32.9. The molecule has 0 bridgehead atoms. The molecule has 0 aliphatic heterocycles. The van der Waals surface area contributed by atoms with Gasteiger partial charge in [0.2, 0.25) is 0 Å². The first-order chi connectivity index (χ1) is 25.8. The van der Waals surface area contributed by atoms with Gasteiger partial charge in [0.1, 0.15) is 11.5 Å². The molecule has 2 atom stereocenters. The third-order valence-corrected chi connectivity index (χ3v) is 14.4. The van der Waals surface area contributed by atoms with E-state index >= 15 is 0 Å². The van der Waals surface area contributed by atoms with Crippen LogP contribution in [0.4, 0.5) is 0 Å². The van der Waals surface area contributed by atoms with Crippen LogP contribution in [0.2, 0.25) is 0 Å². The van der Waals surface area contributed by atoms with Crippen molar-refractivity contribution in [2.24, 2.45) is 0 Å². The molecule has 6 aromatic rings. The molecule has 2 N–H and O–H groups in total. The van der Waals surface area contributed by atoms with Gasteiger partial charge in [0.25, 0.3) is 0 Å². The number of phenolic OH excluding ortho intramolecular Hbond substituents is 2. The molecule has 0 radical (unpaired) electrons. The van der Waals surface area contributed by atoms with Crippen LogP contribution in [-0.2, 0) is 22.3 Å². The van der Waals surface area contributed by atoms with Crippen molar-refractivity contribution in [1.29, 1.82) is 0 Å². The van der Waals surface area contributed by atoms with E-state index in [1.54, 1.807) is 0 Å². The summed E-state index contributed by atoms with van der Waals surface area (Å²) in [6, 6.07) is 38.9. The number of thioether (sulfide) groups is 2. The number of fused-ring (bicyclic) bond motifs is 2. The molecule has 0 heterocycles. The second kappa shape index (κ2) is 16.1. The highest BCUT2D eigenvalue weighted by molar-refractivity contribution is 8.03. The maximum atomic E-state index is 11.9. The molecule has 0 amide bonds. The number of hydrogen-bond acceptors (Lipinski definition) is 4. The topological polar surface area (TPSA) is 40.5 Å². The highest BCUT2D eigenvalue weighted by Gasteiger charge is 2.27. The molecule has 0 unspecified atom stereocenters. The van der Waals surface area contributed by atoms with Crippen LogP contribution in [-0.4, -0.2) is 20.7 Å². The number of rotatable bonds is 8. The quantitative estimate of drug-likeness (QED) is 0.162. The van der Waals surface area contributed by atoms with Crippen LogP contribution in [0.5, 0.6) is 11.5 Å². The molecule has 0 spiro atoms. The third kappa shape index (κ3) is 8.66. The monoisotopic (exact) mass is 752 g/mol. The molecule has 280 valence electrons. The van der Waals surface area contributed by atoms with Crippen LogP contribution in [0.25, 0.3) is 43.8 Å². The van der Waals surface area contributed by atoms with Crippen LogP contribution in [0.3, 0.4) is 0 Å². The van der Waals surface area contributed by atoms with Crippen molar-refractivity contribution < 1.29 is 10.2 Å². The Morgan fingerprint density at radius 2 is 0.870 bits per heavy atom. The van der Waals surface area contributed by atoms with E-state index in [4.69, 9.17) is 0 Å². The van der Waals surface area contributed by atoms with Gasteiger partial charge in [-0.2, -0.15) is 23.5 Å². The van der Waals surface area contributed by atoms with Crippen LogP contribution < -0.4 is 0 Å². The van der Waals surface area contributed by atoms with E-state index in [1.165, 1.54) is 71.2 Å². The zero-order valence-corrected chi connectivity index (χ0v) is 34.5. The summed E-state index contributed by atoms with van der Waals surface area (Å²) >= 11 is 4.05. The predicted octanol–water partition coefficient (Wildman–Crippen LogP) is 14.6. The Morgan fingerprint density at radius 1 is 0.481 bits per heavy atom. The molecule has 2 nitrogen and oxygen atoms in total. The summed E-state index contributed by atoms with van der Waals surface area (Å²) in [5, 5.41) is 29.5. The average molecular weight is 753 g/mol. The lowest BCUT2D eigenvalue weighted by atomic mass is 9.83. The van der Waals surface area contributed by atoms with Gasteiger partial charge in [0.05, 0.1) is 0 Å². The maximum Gasteiger partial charge on any atom is 0.127 e. The van der Waals surface area contributed by atoms with Crippen molar-refractivity contribution >= 4 is 45.1 Å². The molecule has 1 aliphatic carbocycles. The smallest absolute Gasteiger partial charge is 0.127 e. The Kier molecular flexibility index (Phi) is 11.4. The first kappa shape index (κ1) is 38.4. The molecule has 54 heavy (non-hydrogen) atoms. The van der Waals surface area contributed by atoms with E-state index in [-0.39, 0.29) is 10.8 Å². The van der Waals surface area contributed by atoms with Gasteiger partial charge in [-0.25, -0.2) is 0 Å². The van der Waals surface area contributed by atoms with Crippen LogP contribution >= 0.6 is 23.5 Å². The van der Waals surface area contributed by atoms with Gasteiger partial charge in [0, 0.05) is 44.3 Å². The summed E-state index contributed by atoms with van der Waals surface area (Å²) in [6.45, 7) is 13.6. The number of phenols is 2. The molecule has 4 heteroatoms. The van der Waals surface area contributed by atoms with E-state index in [0.717, 1.165) is 44.9 Å². The largest absolute Gasteiger partial charge is 0.507 e. The molecule has 0 saturated heterocycles. The minimum Gasteiger partial charge on any atom is -0.507 e. The Bertz CT molecular complexity index is 2100. The van der Waals surface area contributed by atoms with Crippen molar-refractivity contribution in [3.63, 3.8) is 0 Å². The molecule has 1 saturated carbocycles. The van der Waals surface area contributed by atoms with E-state index in [2.05, 4.69) is 151 Å². The Labute approximate surface area is 331 Å². The Hall–Kier alpha value is -3.86. The van der Waals surface area contributed by atoms with Crippen molar-refractivity contribution in [2.75, 3.05) is 0 Å². The van der Waals surface area contributed by atoms with E-state index in [1.807, 2.05) is 23.5 Å². The van der Waals surface area contributed by atoms with Gasteiger partial charge in [-0.15, -0.1) is 0 Å². The molecule has 0 aromatic heterocycles. The van der Waals surface area contributed by atoms with Crippen molar-refractivity contribution in [3.8, 4) is 33.8 Å². The highest BCUT2D eigenvalue weighted by Crippen LogP contribution is 2.45. The fraction of sp³-hybridized carbons (Fsp3) is 0.360. The molecule has 6 aromatic carbocycles. The van der Waals surface area contributed by atoms with Crippen molar-refractivity contribution in [2.45, 2.75) is 113 Å². The SMILES string of the molecule is CC(C)(C)c1cc(CS[C@H]2CCCCCC[C@@H]2SCc2cc(C(C)(C)C)cc(-c3ccc4ccccc4c3)c2O)c(O)c(-c2ccc3ccccc3c2)c1. The number of benzene rings is 6. The Balaban J connectivity index is 1.17. The van der Waals surface area contributed by atoms with Gasteiger partial charge in [-0.05, 0) is 91.7 Å². The number of hydrogen-bond donors (Lipinski definition) is 2. The second-order valence-corrected chi connectivity index (χ2v) is 19.8. The summed E-state index contributed by atoms with van der Waals surface area (Å²) in [5.41, 5.74) is 8.41. The normalized spacial score (nSPS) is 17.1. The second-order valence-electron chi connectivity index (χ2n) is 17.4. The van der Waals surface area contributed by atoms with Gasteiger partial charge >= 0.3 is 0 Å². The molecular weight excluding hydrogens is 697 g/mol. The first-order valence-electron chi connectivity index (χ1n) is 19.8. The lowest BCUT2D eigenvalue weighted by molar-refractivity contribution is 0.470. The summed E-state index contributed by atoms with van der Waals surface area (Å²) in [4.78, 5) is 0. The predicted molar refractivity (Wildman–Crippen MR) is 237 cm³/mol. The Morgan fingerprint density at radius 3 is 1.26 bits per heavy atom. The molecule has 1 aliphatic rings. The number of aromatic hydroxyl groups is 2.